The van der Waals surface area contributed by atoms with Gasteiger partial charge in [-0.15, -0.1) is 0 Å². The van der Waals surface area contributed by atoms with Crippen molar-refractivity contribution in [3.8, 4) is 0 Å². The molecule has 1 heterocycles. The van der Waals surface area contributed by atoms with E-state index in [4.69, 9.17) is 4.74 Å². The van der Waals surface area contributed by atoms with Crippen molar-refractivity contribution in [3.05, 3.63) is 114 Å². The molecule has 3 atom stereocenters. The molecular weight excluding hydrogens is 442 g/mol. The second-order valence-corrected chi connectivity index (χ2v) is 8.64. The molecule has 0 bridgehead atoms. The molecular formula is C29H23NO5. The van der Waals surface area contributed by atoms with Crippen molar-refractivity contribution < 1.29 is 23.9 Å². The van der Waals surface area contributed by atoms with E-state index in [0.717, 1.165) is 0 Å². The number of anilines is 1. The molecule has 35 heavy (non-hydrogen) atoms. The maximum atomic E-state index is 13.2. The van der Waals surface area contributed by atoms with Crippen LogP contribution in [0.15, 0.2) is 97.1 Å². The minimum absolute atomic E-state index is 0.211. The fourth-order valence-electron chi connectivity index (χ4n) is 4.63. The highest BCUT2D eigenvalue weighted by molar-refractivity contribution is 6.22. The van der Waals surface area contributed by atoms with Crippen LogP contribution in [0.2, 0.25) is 0 Å². The lowest BCUT2D eigenvalue weighted by Gasteiger charge is -2.18. The first-order valence-corrected chi connectivity index (χ1v) is 11.5. The van der Waals surface area contributed by atoms with E-state index in [9.17, 15) is 19.2 Å². The molecule has 1 aliphatic heterocycles. The van der Waals surface area contributed by atoms with E-state index < -0.39 is 12.1 Å². The Hall–Kier alpha value is -4.32. The molecule has 0 unspecified atom stereocenters. The molecule has 5 rings (SSSR count). The van der Waals surface area contributed by atoms with E-state index in [1.54, 1.807) is 60.7 Å². The predicted molar refractivity (Wildman–Crippen MR) is 130 cm³/mol. The number of carbonyl (C=O) groups excluding carboxylic acids is 4. The fourth-order valence-corrected chi connectivity index (χ4v) is 4.63. The average Bonchev–Trinajstić information content (AvgIpc) is 3.17. The number of allylic oxidation sites excluding steroid dienone is 2. The minimum atomic E-state index is -1.11. The molecule has 0 aromatic heterocycles. The van der Waals surface area contributed by atoms with Gasteiger partial charge in [-0.1, -0.05) is 72.8 Å². The SMILES string of the molecule is O=C(O[C@H](C(=O)c1ccccc1)c1ccccc1)c1ccc(N2C(=O)[C@@H]3CC=CC[C@H]3C2=O)cc1. The number of Topliss-reactive ketones (excluding diaryl/α,β-unsaturated/α-hetero) is 1. The van der Waals surface area contributed by atoms with E-state index >= 15 is 0 Å². The summed E-state index contributed by atoms with van der Waals surface area (Å²) in [7, 11) is 0. The molecule has 0 spiro atoms. The highest BCUT2D eigenvalue weighted by Crippen LogP contribution is 2.37. The first-order chi connectivity index (χ1) is 17.0. The number of ether oxygens (including phenoxy) is 1. The van der Waals surface area contributed by atoms with Gasteiger partial charge >= 0.3 is 5.97 Å². The van der Waals surface area contributed by atoms with E-state index in [2.05, 4.69) is 0 Å². The molecule has 3 aromatic rings. The predicted octanol–water partition coefficient (Wildman–Crippen LogP) is 4.92. The van der Waals surface area contributed by atoms with Crippen LogP contribution in [-0.2, 0) is 14.3 Å². The molecule has 6 nitrogen and oxygen atoms in total. The van der Waals surface area contributed by atoms with E-state index in [1.165, 1.54) is 17.0 Å². The van der Waals surface area contributed by atoms with Crippen LogP contribution in [0.5, 0.6) is 0 Å². The standard InChI is InChI=1S/C29H23NO5/c31-25(19-9-3-1-4-10-19)26(20-11-5-2-6-12-20)35-29(34)21-15-17-22(18-16-21)30-27(32)23-13-7-8-14-24(23)28(30)33/h1-12,15-18,23-24,26H,13-14H2/t23-,24-,26+/m1/s1. The van der Waals surface area contributed by atoms with Gasteiger partial charge < -0.3 is 4.74 Å². The van der Waals surface area contributed by atoms with Gasteiger partial charge in [0.25, 0.3) is 0 Å². The number of hydrogen-bond acceptors (Lipinski definition) is 5. The Balaban J connectivity index is 1.36. The molecule has 6 heteroatoms. The Morgan fingerprint density at radius 2 is 1.26 bits per heavy atom. The first-order valence-electron chi connectivity index (χ1n) is 11.5. The number of benzene rings is 3. The quantitative estimate of drug-likeness (QED) is 0.223. The highest BCUT2D eigenvalue weighted by atomic mass is 16.5. The second kappa shape index (κ2) is 9.50. The number of ketones is 1. The average molecular weight is 466 g/mol. The Morgan fingerprint density at radius 1 is 0.714 bits per heavy atom. The molecule has 0 saturated carbocycles. The number of fused-ring (bicyclic) bond motifs is 1. The largest absolute Gasteiger partial charge is 0.445 e. The van der Waals surface area contributed by atoms with Gasteiger partial charge in [-0.05, 0) is 37.1 Å². The molecule has 0 N–H and O–H groups in total. The van der Waals surface area contributed by atoms with Gasteiger partial charge in [0.15, 0.2) is 6.10 Å². The lowest BCUT2D eigenvalue weighted by molar-refractivity contribution is -0.122. The first kappa shape index (κ1) is 22.5. The van der Waals surface area contributed by atoms with Crippen LogP contribution in [-0.4, -0.2) is 23.6 Å². The smallest absolute Gasteiger partial charge is 0.339 e. The lowest BCUT2D eigenvalue weighted by Crippen LogP contribution is -2.30. The molecule has 1 saturated heterocycles. The number of nitrogens with zero attached hydrogens (tertiary/aromatic N) is 1. The van der Waals surface area contributed by atoms with Gasteiger partial charge in [-0.3, -0.25) is 19.3 Å². The van der Waals surface area contributed by atoms with E-state index in [1.807, 2.05) is 24.3 Å². The zero-order valence-electron chi connectivity index (χ0n) is 18.9. The molecule has 0 radical (unpaired) electrons. The monoisotopic (exact) mass is 465 g/mol. The van der Waals surface area contributed by atoms with Crippen molar-refractivity contribution in [3.63, 3.8) is 0 Å². The van der Waals surface area contributed by atoms with Gasteiger partial charge in [-0.2, -0.15) is 0 Å². The zero-order chi connectivity index (χ0) is 24.4. The van der Waals surface area contributed by atoms with E-state index in [-0.39, 0.29) is 35.0 Å². The molecule has 1 aliphatic carbocycles. The normalized spacial score (nSPS) is 19.8. The Labute approximate surface area is 202 Å². The van der Waals surface area contributed by atoms with Crippen LogP contribution in [0.3, 0.4) is 0 Å². The Kier molecular flexibility index (Phi) is 6.10. The van der Waals surface area contributed by atoms with Crippen LogP contribution in [0.25, 0.3) is 0 Å². The van der Waals surface area contributed by atoms with Gasteiger partial charge in [0.1, 0.15) is 0 Å². The van der Waals surface area contributed by atoms with Crippen molar-refractivity contribution >= 4 is 29.3 Å². The van der Waals surface area contributed by atoms with Crippen LogP contribution in [0.1, 0.15) is 45.2 Å². The maximum absolute atomic E-state index is 13.2. The number of amides is 2. The highest BCUT2D eigenvalue weighted by Gasteiger charge is 2.47. The topological polar surface area (TPSA) is 80.8 Å². The molecule has 3 aromatic carbocycles. The molecule has 2 aliphatic rings. The summed E-state index contributed by atoms with van der Waals surface area (Å²) in [5, 5.41) is 0. The van der Waals surface area contributed by atoms with Gasteiger partial charge in [0.2, 0.25) is 17.6 Å². The summed E-state index contributed by atoms with van der Waals surface area (Å²) >= 11 is 0. The summed E-state index contributed by atoms with van der Waals surface area (Å²) < 4.78 is 5.68. The summed E-state index contributed by atoms with van der Waals surface area (Å²) in [4.78, 5) is 53.0. The third-order valence-corrected chi connectivity index (χ3v) is 6.49. The molecule has 1 fully saturated rings. The van der Waals surface area contributed by atoms with Crippen LogP contribution in [0, 0.1) is 11.8 Å². The summed E-state index contributed by atoms with van der Waals surface area (Å²) in [6.07, 6.45) is 3.89. The summed E-state index contributed by atoms with van der Waals surface area (Å²) in [6.45, 7) is 0. The maximum Gasteiger partial charge on any atom is 0.339 e. The summed E-state index contributed by atoms with van der Waals surface area (Å²) in [5.74, 6) is -2.08. The minimum Gasteiger partial charge on any atom is -0.445 e. The van der Waals surface area contributed by atoms with Gasteiger partial charge in [0, 0.05) is 11.1 Å². The van der Waals surface area contributed by atoms with Gasteiger partial charge in [-0.25, -0.2) is 4.79 Å². The van der Waals surface area contributed by atoms with Crippen LogP contribution >= 0.6 is 0 Å². The Bertz CT molecular complexity index is 1270. The Morgan fingerprint density at radius 3 is 1.83 bits per heavy atom. The van der Waals surface area contributed by atoms with Gasteiger partial charge in [0.05, 0.1) is 23.1 Å². The number of rotatable bonds is 6. The number of esters is 1. The van der Waals surface area contributed by atoms with Crippen molar-refractivity contribution in [1.82, 2.24) is 0 Å². The van der Waals surface area contributed by atoms with E-state index in [0.29, 0.717) is 29.7 Å². The molecule has 2 amide bonds. The number of carbonyl (C=O) groups is 4. The van der Waals surface area contributed by atoms with Crippen LogP contribution in [0.4, 0.5) is 5.69 Å². The summed E-state index contributed by atoms with van der Waals surface area (Å²) in [6, 6.07) is 23.7. The molecule has 174 valence electrons. The van der Waals surface area contributed by atoms with Crippen molar-refractivity contribution in [2.24, 2.45) is 11.8 Å². The lowest BCUT2D eigenvalue weighted by atomic mass is 9.85. The van der Waals surface area contributed by atoms with Crippen molar-refractivity contribution in [1.29, 1.82) is 0 Å². The van der Waals surface area contributed by atoms with Crippen molar-refractivity contribution in [2.45, 2.75) is 18.9 Å². The zero-order valence-corrected chi connectivity index (χ0v) is 18.9. The third kappa shape index (κ3) is 4.30. The third-order valence-electron chi connectivity index (χ3n) is 6.49. The van der Waals surface area contributed by atoms with Crippen molar-refractivity contribution in [2.75, 3.05) is 4.90 Å². The summed E-state index contributed by atoms with van der Waals surface area (Å²) in [5.41, 5.74) is 1.64. The number of imide groups is 1. The second-order valence-electron chi connectivity index (χ2n) is 8.64. The fraction of sp³-hybridized carbons (Fsp3) is 0.172. The number of hydrogen-bond donors (Lipinski definition) is 0. The van der Waals surface area contributed by atoms with Crippen LogP contribution < -0.4 is 4.90 Å².